The maximum atomic E-state index is 13.7. The van der Waals surface area contributed by atoms with E-state index in [0.29, 0.717) is 16.9 Å². The third kappa shape index (κ3) is 4.62. The number of nitrogens with one attached hydrogen (secondary N) is 2. The smallest absolute Gasteiger partial charge is 0.371 e. The molecular weight excluding hydrogens is 378 g/mol. The van der Waals surface area contributed by atoms with Crippen molar-refractivity contribution in [1.29, 1.82) is 0 Å². The number of halogens is 4. The van der Waals surface area contributed by atoms with E-state index in [2.05, 4.69) is 22.5 Å². The SMILES string of the molecule is C=C(NNC(=O)Cn1ccc(C(F)(F)F)n1)c1ccc(F)cc1N1CCCC1. The van der Waals surface area contributed by atoms with Crippen molar-refractivity contribution in [2.24, 2.45) is 0 Å². The molecule has 2 N–H and O–H groups in total. The lowest BCUT2D eigenvalue weighted by Gasteiger charge is -2.23. The number of amides is 1. The Kier molecular flexibility index (Phi) is 5.57. The highest BCUT2D eigenvalue weighted by molar-refractivity contribution is 5.79. The molecule has 1 aliphatic heterocycles. The van der Waals surface area contributed by atoms with Crippen molar-refractivity contribution in [1.82, 2.24) is 20.6 Å². The second-order valence-corrected chi connectivity index (χ2v) is 6.40. The summed E-state index contributed by atoms with van der Waals surface area (Å²) in [5.41, 5.74) is 5.57. The number of alkyl halides is 3. The van der Waals surface area contributed by atoms with E-state index in [1.807, 2.05) is 4.90 Å². The fourth-order valence-corrected chi connectivity index (χ4v) is 2.98. The highest BCUT2D eigenvalue weighted by Crippen LogP contribution is 2.29. The van der Waals surface area contributed by atoms with Gasteiger partial charge in [-0.3, -0.25) is 20.3 Å². The summed E-state index contributed by atoms with van der Waals surface area (Å²) in [5, 5.41) is 3.32. The number of rotatable bonds is 6. The van der Waals surface area contributed by atoms with Crippen LogP contribution in [0.15, 0.2) is 37.0 Å². The summed E-state index contributed by atoms with van der Waals surface area (Å²) in [6.07, 6.45) is -1.47. The molecule has 0 atom stereocenters. The molecule has 1 aromatic carbocycles. The van der Waals surface area contributed by atoms with E-state index in [1.165, 1.54) is 12.1 Å². The molecule has 0 aliphatic carbocycles. The summed E-state index contributed by atoms with van der Waals surface area (Å²) in [7, 11) is 0. The van der Waals surface area contributed by atoms with Crippen LogP contribution < -0.4 is 15.8 Å². The summed E-state index contributed by atoms with van der Waals surface area (Å²) in [4.78, 5) is 14.0. The van der Waals surface area contributed by atoms with Gasteiger partial charge in [0.05, 0.1) is 5.70 Å². The maximum absolute atomic E-state index is 13.7. The summed E-state index contributed by atoms with van der Waals surface area (Å²) in [5.74, 6) is -0.982. The van der Waals surface area contributed by atoms with Crippen molar-refractivity contribution in [3.63, 3.8) is 0 Å². The molecule has 28 heavy (non-hydrogen) atoms. The summed E-state index contributed by atoms with van der Waals surface area (Å²) in [6, 6.07) is 5.07. The highest BCUT2D eigenvalue weighted by atomic mass is 19.4. The number of hydrogen-bond acceptors (Lipinski definition) is 4. The molecule has 6 nitrogen and oxygen atoms in total. The van der Waals surface area contributed by atoms with Gasteiger partial charge in [-0.15, -0.1) is 0 Å². The van der Waals surface area contributed by atoms with Gasteiger partial charge < -0.3 is 4.90 Å². The molecule has 10 heteroatoms. The first kappa shape index (κ1) is 19.7. The van der Waals surface area contributed by atoms with Gasteiger partial charge in [0.15, 0.2) is 5.69 Å². The Morgan fingerprint density at radius 3 is 2.54 bits per heavy atom. The van der Waals surface area contributed by atoms with Gasteiger partial charge in [0.1, 0.15) is 12.4 Å². The fraction of sp³-hybridized carbons (Fsp3) is 0.333. The van der Waals surface area contributed by atoms with Gasteiger partial charge >= 0.3 is 6.18 Å². The van der Waals surface area contributed by atoms with Crippen molar-refractivity contribution in [2.75, 3.05) is 18.0 Å². The van der Waals surface area contributed by atoms with E-state index >= 15 is 0 Å². The zero-order chi connectivity index (χ0) is 20.3. The number of hydrogen-bond donors (Lipinski definition) is 2. The summed E-state index contributed by atoms with van der Waals surface area (Å²) < 4.78 is 52.2. The molecule has 0 saturated carbocycles. The lowest BCUT2D eigenvalue weighted by Crippen LogP contribution is -2.38. The number of benzene rings is 1. The van der Waals surface area contributed by atoms with Crippen LogP contribution in [-0.4, -0.2) is 28.8 Å². The largest absolute Gasteiger partial charge is 0.435 e. The molecule has 1 amide bonds. The summed E-state index contributed by atoms with van der Waals surface area (Å²) >= 11 is 0. The van der Waals surface area contributed by atoms with Crippen LogP contribution in [0.5, 0.6) is 0 Å². The van der Waals surface area contributed by atoms with Crippen molar-refractivity contribution < 1.29 is 22.4 Å². The van der Waals surface area contributed by atoms with Crippen LogP contribution in [0, 0.1) is 5.82 Å². The molecule has 1 aromatic heterocycles. The first-order chi connectivity index (χ1) is 13.2. The Bertz CT molecular complexity index is 871. The topological polar surface area (TPSA) is 62.2 Å². The third-order valence-corrected chi connectivity index (χ3v) is 4.32. The lowest BCUT2D eigenvalue weighted by molar-refractivity contribution is -0.141. The Balaban J connectivity index is 1.61. The zero-order valence-electron chi connectivity index (χ0n) is 14.9. The number of carbonyl (C=O) groups excluding carboxylic acids is 1. The van der Waals surface area contributed by atoms with Crippen LogP contribution in [0.2, 0.25) is 0 Å². The molecule has 0 spiro atoms. The molecule has 0 radical (unpaired) electrons. The number of aromatic nitrogens is 2. The number of carbonyl (C=O) groups is 1. The zero-order valence-corrected chi connectivity index (χ0v) is 14.9. The van der Waals surface area contributed by atoms with Crippen LogP contribution >= 0.6 is 0 Å². The second-order valence-electron chi connectivity index (χ2n) is 6.40. The van der Waals surface area contributed by atoms with Crippen LogP contribution in [0.25, 0.3) is 5.70 Å². The third-order valence-electron chi connectivity index (χ3n) is 4.32. The molecular formula is C18H19F4N5O. The number of nitrogens with zero attached hydrogens (tertiary/aromatic N) is 3. The second kappa shape index (κ2) is 7.91. The fourth-order valence-electron chi connectivity index (χ4n) is 2.98. The molecule has 1 aliphatic rings. The van der Waals surface area contributed by atoms with Gasteiger partial charge in [0.2, 0.25) is 0 Å². The van der Waals surface area contributed by atoms with Gasteiger partial charge in [-0.1, -0.05) is 6.58 Å². The first-order valence-electron chi connectivity index (χ1n) is 8.63. The number of anilines is 1. The van der Waals surface area contributed by atoms with Gasteiger partial charge in [-0.05, 0) is 37.1 Å². The Labute approximate surface area is 158 Å². The van der Waals surface area contributed by atoms with Gasteiger partial charge in [0, 0.05) is 30.5 Å². The average Bonchev–Trinajstić information content (AvgIpc) is 3.31. The molecule has 2 aromatic rings. The minimum absolute atomic E-state index is 0.340. The van der Waals surface area contributed by atoms with E-state index in [0.717, 1.165) is 42.9 Å². The van der Waals surface area contributed by atoms with Crippen molar-refractivity contribution >= 4 is 17.3 Å². The quantitative estimate of drug-likeness (QED) is 0.581. The Hall–Kier alpha value is -3.04. The maximum Gasteiger partial charge on any atom is 0.435 e. The van der Waals surface area contributed by atoms with Gasteiger partial charge in [0.25, 0.3) is 5.91 Å². The van der Waals surface area contributed by atoms with Crippen LogP contribution in [0.1, 0.15) is 24.1 Å². The molecule has 1 saturated heterocycles. The molecule has 3 rings (SSSR count). The van der Waals surface area contributed by atoms with Crippen molar-refractivity contribution in [2.45, 2.75) is 25.6 Å². The highest BCUT2D eigenvalue weighted by Gasteiger charge is 2.33. The van der Waals surface area contributed by atoms with Crippen molar-refractivity contribution in [3.8, 4) is 0 Å². The molecule has 2 heterocycles. The van der Waals surface area contributed by atoms with Gasteiger partial charge in [-0.25, -0.2) is 4.39 Å². The van der Waals surface area contributed by atoms with Crippen molar-refractivity contribution in [3.05, 3.63) is 54.1 Å². The minimum Gasteiger partial charge on any atom is -0.371 e. The average molecular weight is 397 g/mol. The minimum atomic E-state index is -4.57. The van der Waals surface area contributed by atoms with Crippen LogP contribution in [0.3, 0.4) is 0 Å². The molecule has 1 fully saturated rings. The predicted octanol–water partition coefficient (Wildman–Crippen LogP) is 2.93. The Morgan fingerprint density at radius 1 is 1.18 bits per heavy atom. The van der Waals surface area contributed by atoms with Gasteiger partial charge in [-0.2, -0.15) is 18.3 Å². The summed E-state index contributed by atoms with van der Waals surface area (Å²) in [6.45, 7) is 5.06. The van der Waals surface area contributed by atoms with E-state index in [9.17, 15) is 22.4 Å². The Morgan fingerprint density at radius 2 is 1.89 bits per heavy atom. The normalized spacial score (nSPS) is 14.2. The van der Waals surface area contributed by atoms with E-state index in [4.69, 9.17) is 0 Å². The van der Waals surface area contributed by atoms with Crippen LogP contribution in [0.4, 0.5) is 23.2 Å². The first-order valence-corrected chi connectivity index (χ1v) is 8.63. The lowest BCUT2D eigenvalue weighted by atomic mass is 10.1. The molecule has 150 valence electrons. The monoisotopic (exact) mass is 397 g/mol. The van der Waals surface area contributed by atoms with E-state index in [1.54, 1.807) is 6.07 Å². The van der Waals surface area contributed by atoms with E-state index < -0.39 is 24.3 Å². The molecule has 0 bridgehead atoms. The number of hydrazine groups is 1. The molecule has 0 unspecified atom stereocenters. The predicted molar refractivity (Wildman–Crippen MR) is 95.4 cm³/mol. The van der Waals surface area contributed by atoms with E-state index in [-0.39, 0.29) is 5.82 Å². The van der Waals surface area contributed by atoms with Crippen LogP contribution in [-0.2, 0) is 17.5 Å². The standard InChI is InChI=1S/C18H19F4N5O/c1-12(14-5-4-13(19)10-15(14)26-7-2-3-8-26)23-24-17(28)11-27-9-6-16(25-27)18(20,21)22/h4-6,9-10,23H,1-3,7-8,11H2,(H,24,28).